The van der Waals surface area contributed by atoms with Crippen molar-refractivity contribution in [1.82, 2.24) is 0 Å². The van der Waals surface area contributed by atoms with Crippen LogP contribution in [-0.2, 0) is 4.79 Å². The van der Waals surface area contributed by atoms with Gasteiger partial charge in [0.1, 0.15) is 5.82 Å². The van der Waals surface area contributed by atoms with Crippen LogP contribution in [0.15, 0.2) is 42.5 Å². The third kappa shape index (κ3) is 4.28. The lowest BCUT2D eigenvalue weighted by molar-refractivity contribution is -0.384. The molecule has 0 saturated carbocycles. The predicted octanol–water partition coefficient (Wildman–Crippen LogP) is 4.69. The van der Waals surface area contributed by atoms with Crippen molar-refractivity contribution >= 4 is 46.6 Å². The summed E-state index contributed by atoms with van der Waals surface area (Å²) in [6.45, 7) is 0. The summed E-state index contributed by atoms with van der Waals surface area (Å²) in [6, 6.07) is 7.78. The second kappa shape index (κ2) is 7.21. The number of nitro benzene ring substituents is 1. The van der Waals surface area contributed by atoms with Crippen LogP contribution in [0, 0.1) is 15.9 Å². The maximum absolute atomic E-state index is 13.6. The number of anilines is 1. The Labute approximate surface area is 140 Å². The molecule has 8 heteroatoms. The third-order valence-corrected chi connectivity index (χ3v) is 3.48. The van der Waals surface area contributed by atoms with E-state index in [0.29, 0.717) is 0 Å². The smallest absolute Gasteiger partial charge is 0.271 e. The van der Waals surface area contributed by atoms with Crippen LogP contribution in [0.5, 0.6) is 0 Å². The van der Waals surface area contributed by atoms with Gasteiger partial charge in [-0.05, 0) is 24.3 Å². The van der Waals surface area contributed by atoms with Crippen molar-refractivity contribution in [1.29, 1.82) is 0 Å². The Kier molecular flexibility index (Phi) is 5.31. The molecule has 0 atom stereocenters. The molecule has 1 N–H and O–H groups in total. The molecule has 0 aromatic heterocycles. The molecule has 2 aromatic rings. The Morgan fingerprint density at radius 3 is 2.61 bits per heavy atom. The van der Waals surface area contributed by atoms with Gasteiger partial charge in [0.2, 0.25) is 5.91 Å². The number of nitrogens with zero attached hydrogens (tertiary/aromatic N) is 1. The lowest BCUT2D eigenvalue weighted by Gasteiger charge is -2.05. The molecule has 0 saturated heterocycles. The Morgan fingerprint density at radius 1 is 1.22 bits per heavy atom. The largest absolute Gasteiger partial charge is 0.321 e. The number of halogens is 3. The molecule has 2 aromatic carbocycles. The minimum Gasteiger partial charge on any atom is -0.321 e. The molecule has 0 aliphatic heterocycles. The fourth-order valence-electron chi connectivity index (χ4n) is 1.73. The van der Waals surface area contributed by atoms with Crippen molar-refractivity contribution in [3.63, 3.8) is 0 Å². The van der Waals surface area contributed by atoms with Gasteiger partial charge in [-0.2, -0.15) is 0 Å². The van der Waals surface area contributed by atoms with Gasteiger partial charge in [-0.25, -0.2) is 4.39 Å². The van der Waals surface area contributed by atoms with Crippen LogP contribution in [0.2, 0.25) is 10.0 Å². The fraction of sp³-hybridized carbons (Fsp3) is 0. The molecule has 0 radical (unpaired) electrons. The average Bonchev–Trinajstić information content (AvgIpc) is 2.48. The number of amides is 1. The van der Waals surface area contributed by atoms with Crippen LogP contribution in [0.1, 0.15) is 5.56 Å². The van der Waals surface area contributed by atoms with E-state index in [1.54, 1.807) is 0 Å². The zero-order valence-electron chi connectivity index (χ0n) is 11.4. The first kappa shape index (κ1) is 16.9. The van der Waals surface area contributed by atoms with Gasteiger partial charge in [0.25, 0.3) is 5.69 Å². The van der Waals surface area contributed by atoms with Gasteiger partial charge >= 0.3 is 0 Å². The van der Waals surface area contributed by atoms with Crippen LogP contribution in [-0.4, -0.2) is 10.8 Å². The number of hydrogen-bond acceptors (Lipinski definition) is 3. The SMILES string of the molecule is O=C(/C=C/c1c(F)cccc1Cl)Nc1cc([N+](=O)[O-])ccc1Cl. The van der Waals surface area contributed by atoms with Crippen LogP contribution in [0.3, 0.4) is 0 Å². The summed E-state index contributed by atoms with van der Waals surface area (Å²) in [6.07, 6.45) is 2.26. The number of non-ortho nitro benzene ring substituents is 1. The second-order valence-corrected chi connectivity index (χ2v) is 5.19. The van der Waals surface area contributed by atoms with E-state index in [2.05, 4.69) is 5.32 Å². The van der Waals surface area contributed by atoms with Crippen LogP contribution in [0.4, 0.5) is 15.8 Å². The van der Waals surface area contributed by atoms with Crippen molar-refractivity contribution < 1.29 is 14.1 Å². The second-order valence-electron chi connectivity index (χ2n) is 4.38. The molecule has 23 heavy (non-hydrogen) atoms. The van der Waals surface area contributed by atoms with E-state index in [4.69, 9.17) is 23.2 Å². The number of carbonyl (C=O) groups is 1. The quantitative estimate of drug-likeness (QED) is 0.491. The molecule has 0 heterocycles. The topological polar surface area (TPSA) is 72.2 Å². The summed E-state index contributed by atoms with van der Waals surface area (Å²) in [5.41, 5.74) is -0.0737. The Bertz CT molecular complexity index is 789. The Hall–Kier alpha value is -2.44. The highest BCUT2D eigenvalue weighted by Gasteiger charge is 2.11. The van der Waals surface area contributed by atoms with Crippen molar-refractivity contribution in [2.75, 3.05) is 5.32 Å². The molecule has 1 amide bonds. The minimum absolute atomic E-state index is 0.0643. The van der Waals surface area contributed by atoms with E-state index in [1.165, 1.54) is 36.4 Å². The van der Waals surface area contributed by atoms with Crippen molar-refractivity contribution in [2.24, 2.45) is 0 Å². The van der Waals surface area contributed by atoms with Crippen LogP contribution < -0.4 is 5.32 Å². The van der Waals surface area contributed by atoms with Crippen LogP contribution >= 0.6 is 23.2 Å². The highest BCUT2D eigenvalue weighted by molar-refractivity contribution is 6.34. The molecule has 0 unspecified atom stereocenters. The van der Waals surface area contributed by atoms with Crippen molar-refractivity contribution in [2.45, 2.75) is 0 Å². The summed E-state index contributed by atoms with van der Waals surface area (Å²) in [5, 5.41) is 13.4. The molecule has 5 nitrogen and oxygen atoms in total. The van der Waals surface area contributed by atoms with Gasteiger partial charge in [0, 0.05) is 23.8 Å². The molecule has 0 bridgehead atoms. The van der Waals surface area contributed by atoms with Gasteiger partial charge in [-0.1, -0.05) is 29.3 Å². The molecule has 118 valence electrons. The summed E-state index contributed by atoms with van der Waals surface area (Å²) >= 11 is 11.7. The predicted molar refractivity (Wildman–Crippen MR) is 87.2 cm³/mol. The number of nitro groups is 1. The van der Waals surface area contributed by atoms with Gasteiger partial charge in [-0.15, -0.1) is 0 Å². The van der Waals surface area contributed by atoms with E-state index in [0.717, 1.165) is 12.1 Å². The number of nitrogens with one attached hydrogen (secondary N) is 1. The monoisotopic (exact) mass is 354 g/mol. The molecule has 2 rings (SSSR count). The van der Waals surface area contributed by atoms with E-state index < -0.39 is 16.6 Å². The number of benzene rings is 2. The maximum Gasteiger partial charge on any atom is 0.271 e. The van der Waals surface area contributed by atoms with Gasteiger partial charge in [-0.3, -0.25) is 14.9 Å². The first-order valence-corrected chi connectivity index (χ1v) is 7.01. The first-order chi connectivity index (χ1) is 10.9. The highest BCUT2D eigenvalue weighted by Crippen LogP contribution is 2.27. The molecule has 0 aliphatic carbocycles. The van der Waals surface area contributed by atoms with Crippen molar-refractivity contribution in [3.8, 4) is 0 Å². The Morgan fingerprint density at radius 2 is 1.96 bits per heavy atom. The standard InChI is InChI=1S/C15H9Cl2FN2O3/c16-11-2-1-3-13(18)10(11)5-7-15(21)19-14-8-9(20(22)23)4-6-12(14)17/h1-8H,(H,19,21)/b7-5+. The minimum atomic E-state index is -0.633. The summed E-state index contributed by atoms with van der Waals surface area (Å²) in [5.74, 6) is -1.21. The average molecular weight is 355 g/mol. The lowest BCUT2D eigenvalue weighted by atomic mass is 10.2. The number of carbonyl (C=O) groups excluding carboxylic acids is 1. The number of hydrogen-bond donors (Lipinski definition) is 1. The normalized spacial score (nSPS) is 10.7. The van der Waals surface area contributed by atoms with E-state index in [9.17, 15) is 19.3 Å². The summed E-state index contributed by atoms with van der Waals surface area (Å²) in [7, 11) is 0. The molecule has 0 spiro atoms. The zero-order valence-corrected chi connectivity index (χ0v) is 12.9. The summed E-state index contributed by atoms with van der Waals surface area (Å²) < 4.78 is 13.6. The molecule has 0 aliphatic rings. The van der Waals surface area contributed by atoms with E-state index in [1.807, 2.05) is 0 Å². The first-order valence-electron chi connectivity index (χ1n) is 6.25. The molecular formula is C15H9Cl2FN2O3. The summed E-state index contributed by atoms with van der Waals surface area (Å²) in [4.78, 5) is 22.0. The van der Waals surface area contributed by atoms with E-state index >= 15 is 0 Å². The molecular weight excluding hydrogens is 346 g/mol. The molecule has 0 fully saturated rings. The van der Waals surface area contributed by atoms with E-state index in [-0.39, 0.29) is 27.0 Å². The van der Waals surface area contributed by atoms with Gasteiger partial charge in [0.05, 0.1) is 20.7 Å². The lowest BCUT2D eigenvalue weighted by Crippen LogP contribution is -2.08. The Balaban J connectivity index is 2.18. The number of rotatable bonds is 4. The van der Waals surface area contributed by atoms with Crippen molar-refractivity contribution in [3.05, 3.63) is 74.0 Å². The van der Waals surface area contributed by atoms with Gasteiger partial charge in [0.15, 0.2) is 0 Å². The zero-order chi connectivity index (χ0) is 17.0. The maximum atomic E-state index is 13.6. The van der Waals surface area contributed by atoms with Gasteiger partial charge < -0.3 is 5.32 Å². The highest BCUT2D eigenvalue weighted by atomic mass is 35.5. The van der Waals surface area contributed by atoms with Crippen LogP contribution in [0.25, 0.3) is 6.08 Å². The fourth-order valence-corrected chi connectivity index (χ4v) is 2.12. The third-order valence-electron chi connectivity index (χ3n) is 2.82.